The van der Waals surface area contributed by atoms with Crippen molar-refractivity contribution < 1.29 is 0 Å². The fourth-order valence-corrected chi connectivity index (χ4v) is 0.966. The summed E-state index contributed by atoms with van der Waals surface area (Å²) in [6.07, 6.45) is 7.25. The summed E-state index contributed by atoms with van der Waals surface area (Å²) in [7, 11) is 0. The highest BCUT2D eigenvalue weighted by Crippen LogP contribution is 2.06. The normalized spacial score (nSPS) is 12.1. The van der Waals surface area contributed by atoms with Crippen molar-refractivity contribution in [3.05, 3.63) is 11.6 Å². The number of rotatable bonds is 5. The lowest BCUT2D eigenvalue weighted by Gasteiger charge is -2.01. The molecule has 0 radical (unpaired) electrons. The Hall–Kier alpha value is -0.300. The van der Waals surface area contributed by atoms with Gasteiger partial charge in [-0.15, -0.1) is 0 Å². The van der Waals surface area contributed by atoms with Gasteiger partial charge >= 0.3 is 0 Å². The molecule has 0 saturated heterocycles. The van der Waals surface area contributed by atoms with Gasteiger partial charge < -0.3 is 5.73 Å². The number of allylic oxidation sites excluding steroid dienone is 1. The molecular weight excluding hydrogens is 122 g/mol. The van der Waals surface area contributed by atoms with Gasteiger partial charge in [0.2, 0.25) is 0 Å². The predicted octanol–water partition coefficient (Wildman–Crippen LogP) is 2.47. The summed E-state index contributed by atoms with van der Waals surface area (Å²) in [5.41, 5.74) is 6.89. The first-order chi connectivity index (χ1) is 4.85. The molecule has 0 spiro atoms. The topological polar surface area (TPSA) is 26.0 Å². The Kier molecular flexibility index (Phi) is 6.61. The van der Waals surface area contributed by atoms with Crippen LogP contribution in [0.4, 0.5) is 0 Å². The lowest BCUT2D eigenvalue weighted by Crippen LogP contribution is -2.02. The Morgan fingerprint density at radius 3 is 2.50 bits per heavy atom. The molecule has 60 valence electrons. The van der Waals surface area contributed by atoms with Crippen LogP contribution in [0.3, 0.4) is 0 Å². The van der Waals surface area contributed by atoms with E-state index >= 15 is 0 Å². The van der Waals surface area contributed by atoms with E-state index in [1.807, 2.05) is 0 Å². The van der Waals surface area contributed by atoms with E-state index in [0.717, 1.165) is 6.54 Å². The van der Waals surface area contributed by atoms with Crippen molar-refractivity contribution in [3.8, 4) is 0 Å². The molecule has 0 aromatic carbocycles. The van der Waals surface area contributed by atoms with Crippen LogP contribution in [-0.2, 0) is 0 Å². The summed E-state index contributed by atoms with van der Waals surface area (Å²) < 4.78 is 0. The van der Waals surface area contributed by atoms with Crippen molar-refractivity contribution >= 4 is 0 Å². The minimum absolute atomic E-state index is 0.736. The summed E-state index contributed by atoms with van der Waals surface area (Å²) in [6.45, 7) is 5.02. The first kappa shape index (κ1) is 9.70. The maximum atomic E-state index is 5.50. The number of nitrogens with two attached hydrogens (primary N) is 1. The molecule has 0 atom stereocenters. The molecule has 2 N–H and O–H groups in total. The molecule has 0 aliphatic carbocycles. The maximum absolute atomic E-state index is 5.50. The van der Waals surface area contributed by atoms with Crippen molar-refractivity contribution in [2.24, 2.45) is 5.73 Å². The van der Waals surface area contributed by atoms with E-state index in [1.165, 1.54) is 31.3 Å². The van der Waals surface area contributed by atoms with Crippen LogP contribution in [0.15, 0.2) is 11.6 Å². The zero-order chi connectivity index (χ0) is 7.82. The zero-order valence-electron chi connectivity index (χ0n) is 7.19. The molecule has 0 amide bonds. The van der Waals surface area contributed by atoms with Gasteiger partial charge in [0.05, 0.1) is 0 Å². The van der Waals surface area contributed by atoms with Gasteiger partial charge in [-0.2, -0.15) is 0 Å². The average Bonchev–Trinajstić information content (AvgIpc) is 1.99. The van der Waals surface area contributed by atoms with Crippen molar-refractivity contribution in [2.45, 2.75) is 39.5 Å². The van der Waals surface area contributed by atoms with Gasteiger partial charge in [0.1, 0.15) is 0 Å². The number of hydrogen-bond acceptors (Lipinski definition) is 1. The smallest absolute Gasteiger partial charge is 0.0136 e. The van der Waals surface area contributed by atoms with Crippen LogP contribution < -0.4 is 5.73 Å². The highest BCUT2D eigenvalue weighted by Gasteiger charge is 1.91. The highest BCUT2D eigenvalue weighted by atomic mass is 14.5. The van der Waals surface area contributed by atoms with Crippen LogP contribution >= 0.6 is 0 Å². The Morgan fingerprint density at radius 2 is 2.10 bits per heavy atom. The fourth-order valence-electron chi connectivity index (χ4n) is 0.966. The zero-order valence-corrected chi connectivity index (χ0v) is 7.19. The van der Waals surface area contributed by atoms with E-state index in [9.17, 15) is 0 Å². The fraction of sp³-hybridized carbons (Fsp3) is 0.778. The second-order valence-corrected chi connectivity index (χ2v) is 2.61. The van der Waals surface area contributed by atoms with E-state index in [4.69, 9.17) is 5.73 Å². The molecule has 0 aliphatic heterocycles. The van der Waals surface area contributed by atoms with Crippen molar-refractivity contribution in [1.29, 1.82) is 0 Å². The first-order valence-corrected chi connectivity index (χ1v) is 4.19. The lowest BCUT2D eigenvalue weighted by atomic mass is 10.1. The molecule has 0 heterocycles. The van der Waals surface area contributed by atoms with E-state index < -0.39 is 0 Å². The van der Waals surface area contributed by atoms with E-state index in [2.05, 4.69) is 19.9 Å². The molecule has 0 saturated carbocycles. The summed E-state index contributed by atoms with van der Waals surface area (Å²) in [5.74, 6) is 0. The molecule has 0 fully saturated rings. The van der Waals surface area contributed by atoms with Gasteiger partial charge in [-0.25, -0.2) is 0 Å². The van der Waals surface area contributed by atoms with E-state index in [1.54, 1.807) is 0 Å². The van der Waals surface area contributed by atoms with Gasteiger partial charge in [-0.05, 0) is 19.8 Å². The molecular formula is C9H19N. The molecule has 1 nitrogen and oxygen atoms in total. The standard InChI is InChI=1S/C9H19N/c1-3-5-6-7-9(4-2)8-10/h4H,3,5-8,10H2,1-2H3. The third kappa shape index (κ3) is 4.57. The Bertz CT molecular complexity index is 94.9. The molecule has 10 heavy (non-hydrogen) atoms. The van der Waals surface area contributed by atoms with Gasteiger partial charge in [0, 0.05) is 6.54 Å². The minimum Gasteiger partial charge on any atom is -0.327 e. The van der Waals surface area contributed by atoms with Crippen LogP contribution in [0.5, 0.6) is 0 Å². The lowest BCUT2D eigenvalue weighted by molar-refractivity contribution is 0.706. The van der Waals surface area contributed by atoms with Crippen LogP contribution in [0.25, 0.3) is 0 Å². The first-order valence-electron chi connectivity index (χ1n) is 4.19. The number of hydrogen-bond donors (Lipinski definition) is 1. The second kappa shape index (κ2) is 6.81. The molecule has 0 bridgehead atoms. The molecule has 0 aliphatic rings. The predicted molar refractivity (Wildman–Crippen MR) is 47.0 cm³/mol. The second-order valence-electron chi connectivity index (χ2n) is 2.61. The van der Waals surface area contributed by atoms with Gasteiger partial charge in [0.15, 0.2) is 0 Å². The van der Waals surface area contributed by atoms with Gasteiger partial charge in [-0.3, -0.25) is 0 Å². The maximum Gasteiger partial charge on any atom is 0.0136 e. The summed E-state index contributed by atoms with van der Waals surface area (Å²) >= 11 is 0. The van der Waals surface area contributed by atoms with Crippen LogP contribution in [-0.4, -0.2) is 6.54 Å². The Morgan fingerprint density at radius 1 is 1.40 bits per heavy atom. The largest absolute Gasteiger partial charge is 0.327 e. The molecule has 0 rings (SSSR count). The Labute approximate surface area is 64.3 Å². The Balaban J connectivity index is 3.27. The van der Waals surface area contributed by atoms with Crippen LogP contribution in [0.1, 0.15) is 39.5 Å². The average molecular weight is 141 g/mol. The van der Waals surface area contributed by atoms with Crippen molar-refractivity contribution in [3.63, 3.8) is 0 Å². The molecule has 0 aromatic heterocycles. The summed E-state index contributed by atoms with van der Waals surface area (Å²) in [6, 6.07) is 0. The summed E-state index contributed by atoms with van der Waals surface area (Å²) in [4.78, 5) is 0. The SMILES string of the molecule is CC=C(CN)CCCCC. The quantitative estimate of drug-likeness (QED) is 0.462. The van der Waals surface area contributed by atoms with E-state index in [-0.39, 0.29) is 0 Å². The third-order valence-electron chi connectivity index (χ3n) is 1.77. The molecule has 0 aromatic rings. The van der Waals surface area contributed by atoms with Crippen molar-refractivity contribution in [2.75, 3.05) is 6.54 Å². The van der Waals surface area contributed by atoms with Crippen LogP contribution in [0.2, 0.25) is 0 Å². The molecule has 0 unspecified atom stereocenters. The van der Waals surface area contributed by atoms with Gasteiger partial charge in [-0.1, -0.05) is 31.4 Å². The minimum atomic E-state index is 0.736. The monoisotopic (exact) mass is 141 g/mol. The number of unbranched alkanes of at least 4 members (excludes halogenated alkanes) is 2. The van der Waals surface area contributed by atoms with E-state index in [0.29, 0.717) is 0 Å². The highest BCUT2D eigenvalue weighted by molar-refractivity contribution is 5.01. The summed E-state index contributed by atoms with van der Waals surface area (Å²) in [5, 5.41) is 0. The van der Waals surface area contributed by atoms with Crippen molar-refractivity contribution in [1.82, 2.24) is 0 Å². The molecule has 1 heteroatoms. The van der Waals surface area contributed by atoms with Gasteiger partial charge in [0.25, 0.3) is 0 Å². The van der Waals surface area contributed by atoms with Crippen LogP contribution in [0, 0.1) is 0 Å². The third-order valence-corrected chi connectivity index (χ3v) is 1.77.